The summed E-state index contributed by atoms with van der Waals surface area (Å²) in [5, 5.41) is 8.31. The van der Waals surface area contributed by atoms with Crippen molar-refractivity contribution in [1.82, 2.24) is 0 Å². The Hall–Kier alpha value is 0.135. The first kappa shape index (κ1) is 13.7. The summed E-state index contributed by atoms with van der Waals surface area (Å²) < 4.78 is 0. The highest BCUT2D eigenvalue weighted by Gasteiger charge is 2.09. The summed E-state index contributed by atoms with van der Waals surface area (Å²) in [7, 11) is 5.18. The van der Waals surface area contributed by atoms with E-state index in [1.807, 2.05) is 0 Å². The van der Waals surface area contributed by atoms with Gasteiger partial charge in [0.05, 0.1) is 7.85 Å². The Kier molecular flexibility index (Phi) is 10.3. The lowest BCUT2D eigenvalue weighted by molar-refractivity contribution is -0.137. The molecule has 6 heteroatoms. The molecular formula is C5H11BClNO2S. The first-order valence-electron chi connectivity index (χ1n) is 2.94. The van der Waals surface area contributed by atoms with Gasteiger partial charge >= 0.3 is 5.97 Å². The fraction of sp³-hybridized carbons (Fsp3) is 0.800. The van der Waals surface area contributed by atoms with Gasteiger partial charge in [-0.1, -0.05) is 6.32 Å². The van der Waals surface area contributed by atoms with E-state index in [0.717, 1.165) is 5.75 Å². The summed E-state index contributed by atoms with van der Waals surface area (Å²) in [4.78, 5) is 10.1. The number of carboxylic acids is 1. The first-order valence-corrected chi connectivity index (χ1v) is 4.10. The summed E-state index contributed by atoms with van der Waals surface area (Å²) in [5.74, 6) is 0.248. The van der Waals surface area contributed by atoms with Crippen LogP contribution in [0, 0.1) is 0 Å². The van der Waals surface area contributed by atoms with E-state index in [1.165, 1.54) is 11.8 Å². The van der Waals surface area contributed by atoms with Gasteiger partial charge in [0.1, 0.15) is 6.04 Å². The van der Waals surface area contributed by atoms with Crippen LogP contribution in [0.4, 0.5) is 0 Å². The Balaban J connectivity index is 0. The van der Waals surface area contributed by atoms with E-state index in [2.05, 4.69) is 0 Å². The molecule has 0 saturated heterocycles. The van der Waals surface area contributed by atoms with Crippen molar-refractivity contribution in [2.24, 2.45) is 5.73 Å². The summed E-state index contributed by atoms with van der Waals surface area (Å²) in [6, 6.07) is -0.753. The van der Waals surface area contributed by atoms with Crippen molar-refractivity contribution in [3.8, 4) is 0 Å². The van der Waals surface area contributed by atoms with Crippen molar-refractivity contribution in [3.05, 3.63) is 0 Å². The average molecular weight is 195 g/mol. The predicted molar refractivity (Wildman–Crippen MR) is 50.7 cm³/mol. The van der Waals surface area contributed by atoms with E-state index < -0.39 is 12.0 Å². The lowest BCUT2D eigenvalue weighted by Gasteiger charge is -2.03. The van der Waals surface area contributed by atoms with Crippen molar-refractivity contribution in [2.45, 2.75) is 12.4 Å². The van der Waals surface area contributed by atoms with Crippen LogP contribution in [0.25, 0.3) is 0 Å². The molecule has 0 bridgehead atoms. The zero-order valence-electron chi connectivity index (χ0n) is 6.03. The number of halogens is 1. The highest BCUT2D eigenvalue weighted by atomic mass is 35.5. The zero-order chi connectivity index (χ0) is 7.98. The lowest BCUT2D eigenvalue weighted by Crippen LogP contribution is -2.32. The molecule has 0 aliphatic heterocycles. The summed E-state index contributed by atoms with van der Waals surface area (Å²) in [6.07, 6.45) is 0.566. The molecule has 0 rings (SSSR count). The second-order valence-electron chi connectivity index (χ2n) is 1.81. The smallest absolute Gasteiger partial charge is 0.321 e. The van der Waals surface area contributed by atoms with Crippen molar-refractivity contribution in [3.63, 3.8) is 0 Å². The second kappa shape index (κ2) is 8.23. The van der Waals surface area contributed by atoms with Crippen LogP contribution in [0.15, 0.2) is 0 Å². The fourth-order valence-electron chi connectivity index (χ4n) is 0.365. The third kappa shape index (κ3) is 8.04. The molecule has 0 amide bonds. The van der Waals surface area contributed by atoms with Crippen LogP contribution in [0.3, 0.4) is 0 Å². The zero-order valence-corrected chi connectivity index (χ0v) is 7.66. The molecule has 64 valence electrons. The van der Waals surface area contributed by atoms with Gasteiger partial charge in [-0.2, -0.15) is 11.8 Å². The van der Waals surface area contributed by atoms with E-state index in [9.17, 15) is 4.79 Å². The molecule has 0 spiro atoms. The molecule has 0 heterocycles. The molecule has 0 saturated carbocycles. The minimum absolute atomic E-state index is 0. The lowest BCUT2D eigenvalue weighted by atomic mass is 10.1. The maximum atomic E-state index is 10.1. The number of thioether (sulfide) groups is 1. The van der Waals surface area contributed by atoms with Gasteiger partial charge in [-0.3, -0.25) is 4.79 Å². The molecule has 3 nitrogen and oxygen atoms in total. The number of nitrogens with two attached hydrogens (primary N) is 1. The predicted octanol–water partition coefficient (Wildman–Crippen LogP) is 0.140. The SMILES string of the molecule is Cl.[B]CCSC[C@H](N)C(=O)O. The molecule has 0 aliphatic carbocycles. The van der Waals surface area contributed by atoms with Crippen LogP contribution >= 0.6 is 24.2 Å². The van der Waals surface area contributed by atoms with Gasteiger partial charge in [-0.15, -0.1) is 12.4 Å². The number of carboxylic acid groups (broad SMARTS) is 1. The van der Waals surface area contributed by atoms with Crippen molar-refractivity contribution in [1.29, 1.82) is 0 Å². The number of hydrogen-bond donors (Lipinski definition) is 2. The van der Waals surface area contributed by atoms with Crippen LogP contribution in [0.5, 0.6) is 0 Å². The van der Waals surface area contributed by atoms with E-state index >= 15 is 0 Å². The van der Waals surface area contributed by atoms with E-state index in [-0.39, 0.29) is 12.4 Å². The summed E-state index contributed by atoms with van der Waals surface area (Å²) in [6.45, 7) is 0. The Morgan fingerprint density at radius 3 is 2.64 bits per heavy atom. The van der Waals surface area contributed by atoms with Crippen LogP contribution in [0.1, 0.15) is 0 Å². The van der Waals surface area contributed by atoms with Crippen LogP contribution in [0.2, 0.25) is 6.32 Å². The van der Waals surface area contributed by atoms with Gasteiger partial charge < -0.3 is 10.8 Å². The monoisotopic (exact) mass is 195 g/mol. The van der Waals surface area contributed by atoms with Gasteiger partial charge in [0, 0.05) is 5.75 Å². The van der Waals surface area contributed by atoms with Gasteiger partial charge in [0.15, 0.2) is 0 Å². The van der Waals surface area contributed by atoms with E-state index in [0.29, 0.717) is 12.1 Å². The number of aliphatic carboxylic acids is 1. The van der Waals surface area contributed by atoms with E-state index in [1.54, 1.807) is 0 Å². The maximum absolute atomic E-state index is 10.1. The molecule has 1 atom stereocenters. The van der Waals surface area contributed by atoms with Crippen LogP contribution in [-0.4, -0.2) is 36.5 Å². The summed E-state index contributed by atoms with van der Waals surface area (Å²) in [5.41, 5.74) is 5.20. The number of hydrogen-bond acceptors (Lipinski definition) is 3. The molecule has 0 aromatic carbocycles. The van der Waals surface area contributed by atoms with Crippen molar-refractivity contribution in [2.75, 3.05) is 11.5 Å². The molecule has 2 radical (unpaired) electrons. The Bertz CT molecular complexity index is 117. The molecular weight excluding hydrogens is 184 g/mol. The Morgan fingerprint density at radius 1 is 1.73 bits per heavy atom. The van der Waals surface area contributed by atoms with Gasteiger partial charge in [0.25, 0.3) is 0 Å². The molecule has 11 heavy (non-hydrogen) atoms. The number of carbonyl (C=O) groups is 1. The van der Waals surface area contributed by atoms with Gasteiger partial charge in [-0.25, -0.2) is 0 Å². The fourth-order valence-corrected chi connectivity index (χ4v) is 1.09. The highest BCUT2D eigenvalue weighted by molar-refractivity contribution is 7.99. The van der Waals surface area contributed by atoms with Crippen LogP contribution in [-0.2, 0) is 4.79 Å². The molecule has 0 aliphatic rings. The molecule has 0 aromatic rings. The molecule has 0 unspecified atom stereocenters. The minimum Gasteiger partial charge on any atom is -0.480 e. The topological polar surface area (TPSA) is 63.3 Å². The van der Waals surface area contributed by atoms with Gasteiger partial charge in [-0.05, 0) is 5.75 Å². The quantitative estimate of drug-likeness (QED) is 0.484. The van der Waals surface area contributed by atoms with Crippen LogP contribution < -0.4 is 5.73 Å². The average Bonchev–Trinajstić information content (AvgIpc) is 1.88. The largest absolute Gasteiger partial charge is 0.480 e. The second-order valence-corrected chi connectivity index (χ2v) is 2.96. The minimum atomic E-state index is -0.954. The Morgan fingerprint density at radius 2 is 2.27 bits per heavy atom. The van der Waals surface area contributed by atoms with Gasteiger partial charge in [0.2, 0.25) is 0 Å². The highest BCUT2D eigenvalue weighted by Crippen LogP contribution is 2.02. The summed E-state index contributed by atoms with van der Waals surface area (Å²) >= 11 is 1.46. The third-order valence-corrected chi connectivity index (χ3v) is 2.00. The van der Waals surface area contributed by atoms with Crippen molar-refractivity contribution >= 4 is 38.0 Å². The molecule has 0 aromatic heterocycles. The first-order chi connectivity index (χ1) is 4.68. The normalized spacial score (nSPS) is 11.7. The standard InChI is InChI=1S/C5H10BNO2S.ClH/c6-1-2-10-3-4(7)5(8)9;/h4H,1-3,7H2,(H,8,9);1H/t4-;/m0./s1. The number of rotatable bonds is 5. The maximum Gasteiger partial charge on any atom is 0.321 e. The molecule has 3 N–H and O–H groups in total. The molecule has 0 fully saturated rings. The van der Waals surface area contributed by atoms with E-state index in [4.69, 9.17) is 18.7 Å². The van der Waals surface area contributed by atoms with Crippen molar-refractivity contribution < 1.29 is 9.90 Å². The third-order valence-electron chi connectivity index (χ3n) is 0.877. The Labute approximate surface area is 77.9 Å².